The van der Waals surface area contributed by atoms with Crippen LogP contribution in [0.4, 0.5) is 0 Å². The normalized spacial score (nSPS) is 12.0. The van der Waals surface area contributed by atoms with Crippen LogP contribution in [0.3, 0.4) is 0 Å². The van der Waals surface area contributed by atoms with E-state index >= 15 is 0 Å². The van der Waals surface area contributed by atoms with Gasteiger partial charge < -0.3 is 23.9 Å². The van der Waals surface area contributed by atoms with Gasteiger partial charge in [-0.15, -0.1) is 0 Å². The highest BCUT2D eigenvalue weighted by atomic mass is 35.5. The van der Waals surface area contributed by atoms with Crippen molar-refractivity contribution >= 4 is 23.5 Å². The summed E-state index contributed by atoms with van der Waals surface area (Å²) >= 11 is 6.67. The van der Waals surface area contributed by atoms with E-state index in [1.807, 2.05) is 28.8 Å². The van der Waals surface area contributed by atoms with Gasteiger partial charge in [-0.3, -0.25) is 0 Å². The predicted octanol–water partition coefficient (Wildman–Crippen LogP) is 6.32. The number of aryl methyl sites for hydroxylation is 1. The topological polar surface area (TPSA) is 115 Å². The number of unbranched alkanes of at least 4 members (excludes halogenated alkanes) is 1. The number of aromatic nitrogens is 2. The maximum absolute atomic E-state index is 11.9. The molecule has 0 aliphatic heterocycles. The minimum absolute atomic E-state index is 0.113. The Kier molecular flexibility index (Phi) is 8.11. The van der Waals surface area contributed by atoms with Crippen molar-refractivity contribution < 1.29 is 29.0 Å². The standard InChI is InChI=1S/C28H27ClN2O6/c1-3-4-9-22-30-26(29)23(24(36-2)20-7-5-6-8-21(20)27(32)33)31(22)16-17-10-12-18(13-11-17)19-14-15-37-25(19)28(34)35/h5-8,10-15,24H,3-4,9,16H2,1-2H3,(H,32,33)(H,34,35). The molecule has 0 saturated carbocycles. The first-order valence-electron chi connectivity index (χ1n) is 11.9. The van der Waals surface area contributed by atoms with Crippen LogP contribution >= 0.6 is 11.6 Å². The smallest absolute Gasteiger partial charge is 0.372 e. The van der Waals surface area contributed by atoms with Crippen molar-refractivity contribution in [3.63, 3.8) is 0 Å². The molecule has 2 N–H and O–H groups in total. The molecule has 0 spiro atoms. The Bertz CT molecular complexity index is 1410. The summed E-state index contributed by atoms with van der Waals surface area (Å²) in [7, 11) is 1.52. The Labute approximate surface area is 219 Å². The molecule has 8 nitrogen and oxygen atoms in total. The van der Waals surface area contributed by atoms with Gasteiger partial charge in [0.15, 0.2) is 5.15 Å². The van der Waals surface area contributed by atoms with Gasteiger partial charge in [-0.05, 0) is 29.7 Å². The van der Waals surface area contributed by atoms with E-state index in [0.29, 0.717) is 29.8 Å². The lowest BCUT2D eigenvalue weighted by atomic mass is 10.00. The van der Waals surface area contributed by atoms with Gasteiger partial charge >= 0.3 is 11.9 Å². The van der Waals surface area contributed by atoms with E-state index in [1.54, 1.807) is 24.3 Å². The number of furan rings is 1. The monoisotopic (exact) mass is 522 g/mol. The van der Waals surface area contributed by atoms with Gasteiger partial charge in [-0.2, -0.15) is 0 Å². The van der Waals surface area contributed by atoms with Gasteiger partial charge in [0.2, 0.25) is 5.76 Å². The van der Waals surface area contributed by atoms with Crippen molar-refractivity contribution in [2.75, 3.05) is 7.11 Å². The second-order valence-electron chi connectivity index (χ2n) is 8.57. The average molecular weight is 523 g/mol. The molecule has 37 heavy (non-hydrogen) atoms. The zero-order valence-corrected chi connectivity index (χ0v) is 21.2. The van der Waals surface area contributed by atoms with Crippen LogP contribution in [0, 0.1) is 0 Å². The summed E-state index contributed by atoms with van der Waals surface area (Å²) in [5, 5.41) is 19.4. The van der Waals surface area contributed by atoms with E-state index in [2.05, 4.69) is 11.9 Å². The van der Waals surface area contributed by atoms with Gasteiger partial charge in [0.25, 0.3) is 0 Å². The van der Waals surface area contributed by atoms with Crippen LogP contribution in [0.1, 0.15) is 69.4 Å². The van der Waals surface area contributed by atoms with Crippen LogP contribution in [0.15, 0.2) is 65.3 Å². The van der Waals surface area contributed by atoms with Crippen LogP contribution in [0.25, 0.3) is 11.1 Å². The second-order valence-corrected chi connectivity index (χ2v) is 8.93. The van der Waals surface area contributed by atoms with E-state index in [4.69, 9.17) is 20.8 Å². The van der Waals surface area contributed by atoms with E-state index in [-0.39, 0.29) is 16.5 Å². The van der Waals surface area contributed by atoms with Crippen molar-refractivity contribution in [2.45, 2.75) is 38.8 Å². The lowest BCUT2D eigenvalue weighted by molar-refractivity contribution is 0.0659. The highest BCUT2D eigenvalue weighted by Crippen LogP contribution is 2.35. The van der Waals surface area contributed by atoms with Gasteiger partial charge in [0.05, 0.1) is 17.5 Å². The zero-order chi connectivity index (χ0) is 26.5. The van der Waals surface area contributed by atoms with Crippen LogP contribution in [0.5, 0.6) is 0 Å². The van der Waals surface area contributed by atoms with Crippen molar-refractivity contribution in [3.8, 4) is 11.1 Å². The van der Waals surface area contributed by atoms with Crippen molar-refractivity contribution in [1.82, 2.24) is 9.55 Å². The molecule has 0 aliphatic carbocycles. The fraction of sp³-hybridized carbons (Fsp3) is 0.250. The predicted molar refractivity (Wildman–Crippen MR) is 138 cm³/mol. The van der Waals surface area contributed by atoms with E-state index in [9.17, 15) is 19.8 Å². The molecule has 0 aliphatic rings. The maximum atomic E-state index is 11.9. The number of nitrogens with zero attached hydrogens (tertiary/aromatic N) is 2. The Hall–Kier alpha value is -3.88. The number of ether oxygens (including phenoxy) is 1. The van der Waals surface area contributed by atoms with Gasteiger partial charge in [-0.25, -0.2) is 14.6 Å². The molecule has 2 heterocycles. The van der Waals surface area contributed by atoms with E-state index in [0.717, 1.165) is 29.8 Å². The Morgan fingerprint density at radius 1 is 1.08 bits per heavy atom. The number of halogens is 1. The number of hydrogen-bond donors (Lipinski definition) is 2. The molecule has 2 aromatic heterocycles. The van der Waals surface area contributed by atoms with Crippen molar-refractivity contribution in [2.24, 2.45) is 0 Å². The summed E-state index contributed by atoms with van der Waals surface area (Å²) in [6.07, 6.45) is 3.19. The highest BCUT2D eigenvalue weighted by Gasteiger charge is 2.28. The number of carboxylic acid groups (broad SMARTS) is 2. The molecule has 0 bridgehead atoms. The first kappa shape index (κ1) is 26.2. The summed E-state index contributed by atoms with van der Waals surface area (Å²) < 4.78 is 12.9. The quantitative estimate of drug-likeness (QED) is 0.237. The summed E-state index contributed by atoms with van der Waals surface area (Å²) in [4.78, 5) is 28.0. The molecule has 0 radical (unpaired) electrons. The molecule has 0 amide bonds. The minimum Gasteiger partial charge on any atom is -0.478 e. The number of methoxy groups -OCH3 is 1. The highest BCUT2D eigenvalue weighted by molar-refractivity contribution is 6.30. The molecular weight excluding hydrogens is 496 g/mol. The van der Waals surface area contributed by atoms with Crippen LogP contribution in [-0.4, -0.2) is 38.8 Å². The lowest BCUT2D eigenvalue weighted by Crippen LogP contribution is -2.17. The summed E-state index contributed by atoms with van der Waals surface area (Å²) in [6, 6.07) is 15.8. The molecule has 2 aromatic carbocycles. The Morgan fingerprint density at radius 2 is 1.81 bits per heavy atom. The van der Waals surface area contributed by atoms with Gasteiger partial charge in [0.1, 0.15) is 11.9 Å². The van der Waals surface area contributed by atoms with Gasteiger partial charge in [0, 0.05) is 31.2 Å². The molecule has 4 rings (SSSR count). The molecule has 0 saturated heterocycles. The largest absolute Gasteiger partial charge is 0.478 e. The molecule has 1 atom stereocenters. The van der Waals surface area contributed by atoms with Crippen molar-refractivity contribution in [3.05, 3.63) is 100.0 Å². The molecule has 1 unspecified atom stereocenters. The maximum Gasteiger partial charge on any atom is 0.372 e. The Balaban J connectivity index is 1.75. The zero-order valence-electron chi connectivity index (χ0n) is 20.5. The van der Waals surface area contributed by atoms with Crippen molar-refractivity contribution in [1.29, 1.82) is 0 Å². The summed E-state index contributed by atoms with van der Waals surface area (Å²) in [5.74, 6) is -1.52. The second kappa shape index (κ2) is 11.5. The summed E-state index contributed by atoms with van der Waals surface area (Å²) in [6.45, 7) is 2.51. The first-order chi connectivity index (χ1) is 17.8. The Morgan fingerprint density at radius 3 is 2.46 bits per heavy atom. The number of carboxylic acids is 2. The van der Waals surface area contributed by atoms with Crippen LogP contribution in [-0.2, 0) is 17.7 Å². The average Bonchev–Trinajstić information content (AvgIpc) is 3.50. The lowest BCUT2D eigenvalue weighted by Gasteiger charge is -2.21. The van der Waals surface area contributed by atoms with E-state index < -0.39 is 18.0 Å². The summed E-state index contributed by atoms with van der Waals surface area (Å²) in [5.41, 5.74) is 3.34. The molecule has 9 heteroatoms. The number of benzene rings is 2. The third kappa shape index (κ3) is 5.45. The molecule has 0 fully saturated rings. The fourth-order valence-electron chi connectivity index (χ4n) is 4.41. The molecular formula is C28H27ClN2O6. The van der Waals surface area contributed by atoms with Crippen LogP contribution < -0.4 is 0 Å². The number of hydrogen-bond acceptors (Lipinski definition) is 5. The number of rotatable bonds is 11. The van der Waals surface area contributed by atoms with Crippen LogP contribution in [0.2, 0.25) is 5.15 Å². The van der Waals surface area contributed by atoms with Gasteiger partial charge in [-0.1, -0.05) is 67.4 Å². The third-order valence-corrected chi connectivity index (χ3v) is 6.50. The SMILES string of the molecule is CCCCc1nc(Cl)c(C(OC)c2ccccc2C(=O)O)n1Cc1ccc(-c2ccoc2C(=O)O)cc1. The number of aromatic carboxylic acids is 2. The number of carbonyl (C=O) groups is 2. The number of imidazole rings is 1. The fourth-order valence-corrected chi connectivity index (χ4v) is 4.71. The first-order valence-corrected chi connectivity index (χ1v) is 12.2. The minimum atomic E-state index is -1.13. The third-order valence-electron chi connectivity index (χ3n) is 6.22. The molecule has 192 valence electrons. The van der Waals surface area contributed by atoms with E-state index in [1.165, 1.54) is 19.4 Å². The molecule has 4 aromatic rings.